The fourth-order valence-corrected chi connectivity index (χ4v) is 2.62. The van der Waals surface area contributed by atoms with Gasteiger partial charge in [0.2, 0.25) is 0 Å². The van der Waals surface area contributed by atoms with Gasteiger partial charge in [0, 0.05) is 6.04 Å². The summed E-state index contributed by atoms with van der Waals surface area (Å²) in [6.07, 6.45) is 3.81. The fraction of sp³-hybridized carbons (Fsp3) is 0.600. The highest BCUT2D eigenvalue weighted by atomic mass is 14.9. The molecule has 0 saturated heterocycles. The Bertz CT molecular complexity index is 328. The summed E-state index contributed by atoms with van der Waals surface area (Å²) in [5.74, 6) is 1.75. The van der Waals surface area contributed by atoms with Crippen LogP contribution in [-0.4, -0.2) is 7.05 Å². The number of nitrogens with one attached hydrogen (secondary N) is 1. The average molecular weight is 217 g/mol. The van der Waals surface area contributed by atoms with Gasteiger partial charge in [-0.05, 0) is 42.9 Å². The van der Waals surface area contributed by atoms with Crippen LogP contribution in [-0.2, 0) is 6.42 Å². The van der Waals surface area contributed by atoms with Gasteiger partial charge < -0.3 is 5.32 Å². The summed E-state index contributed by atoms with van der Waals surface area (Å²) >= 11 is 0. The third kappa shape index (κ3) is 2.46. The highest BCUT2D eigenvalue weighted by Gasteiger charge is 2.39. The normalized spacial score (nSPS) is 25.4. The van der Waals surface area contributed by atoms with Crippen molar-refractivity contribution in [3.05, 3.63) is 35.4 Å². The van der Waals surface area contributed by atoms with Crippen molar-refractivity contribution in [1.29, 1.82) is 0 Å². The molecule has 1 nitrogen and oxygen atoms in total. The smallest absolute Gasteiger partial charge is 0.0348 e. The van der Waals surface area contributed by atoms with Crippen molar-refractivity contribution in [3.63, 3.8) is 0 Å². The Hall–Kier alpha value is -0.820. The molecule has 1 heteroatoms. The summed E-state index contributed by atoms with van der Waals surface area (Å²) in [4.78, 5) is 0. The van der Waals surface area contributed by atoms with E-state index in [9.17, 15) is 0 Å². The first kappa shape index (κ1) is 11.7. The molecule has 0 amide bonds. The summed E-state index contributed by atoms with van der Waals surface area (Å²) < 4.78 is 0. The SMILES string of the molecule is CCCc1ccc(C(NC)C2CC2C)cc1. The second-order valence-corrected chi connectivity index (χ2v) is 5.13. The van der Waals surface area contributed by atoms with Crippen molar-refractivity contribution < 1.29 is 0 Å². The standard InChI is InChI=1S/C15H23N/c1-4-5-12-6-8-13(9-7-12)15(16-3)14-10-11(14)2/h6-9,11,14-16H,4-5,10H2,1-3H3. The van der Waals surface area contributed by atoms with E-state index in [1.54, 1.807) is 0 Å². The van der Waals surface area contributed by atoms with E-state index in [2.05, 4.69) is 50.5 Å². The monoisotopic (exact) mass is 217 g/mol. The molecule has 16 heavy (non-hydrogen) atoms. The van der Waals surface area contributed by atoms with Crippen LogP contribution in [0.25, 0.3) is 0 Å². The maximum Gasteiger partial charge on any atom is 0.0348 e. The lowest BCUT2D eigenvalue weighted by Crippen LogP contribution is -2.18. The van der Waals surface area contributed by atoms with Gasteiger partial charge in [-0.2, -0.15) is 0 Å². The van der Waals surface area contributed by atoms with Gasteiger partial charge in [0.25, 0.3) is 0 Å². The van der Waals surface area contributed by atoms with E-state index in [-0.39, 0.29) is 0 Å². The predicted octanol–water partition coefficient (Wildman–Crippen LogP) is 3.56. The lowest BCUT2D eigenvalue weighted by Gasteiger charge is -2.16. The summed E-state index contributed by atoms with van der Waals surface area (Å²) in [7, 11) is 2.08. The topological polar surface area (TPSA) is 12.0 Å². The van der Waals surface area contributed by atoms with Crippen molar-refractivity contribution in [2.75, 3.05) is 7.05 Å². The molecule has 0 aliphatic heterocycles. The van der Waals surface area contributed by atoms with Gasteiger partial charge in [-0.25, -0.2) is 0 Å². The third-order valence-electron chi connectivity index (χ3n) is 3.79. The Labute approximate surface area is 99.3 Å². The van der Waals surface area contributed by atoms with E-state index in [1.807, 2.05) is 0 Å². The van der Waals surface area contributed by atoms with E-state index >= 15 is 0 Å². The highest BCUT2D eigenvalue weighted by molar-refractivity contribution is 5.26. The number of aryl methyl sites for hydroxylation is 1. The minimum Gasteiger partial charge on any atom is -0.313 e. The van der Waals surface area contributed by atoms with Crippen LogP contribution in [0.1, 0.15) is 43.9 Å². The summed E-state index contributed by atoms with van der Waals surface area (Å²) in [5.41, 5.74) is 2.92. The molecule has 0 spiro atoms. The largest absolute Gasteiger partial charge is 0.313 e. The first-order valence-electron chi connectivity index (χ1n) is 6.52. The fourth-order valence-electron chi connectivity index (χ4n) is 2.62. The van der Waals surface area contributed by atoms with Crippen LogP contribution >= 0.6 is 0 Å². The molecule has 0 heterocycles. The second-order valence-electron chi connectivity index (χ2n) is 5.13. The number of rotatable bonds is 5. The molecule has 1 aliphatic carbocycles. The van der Waals surface area contributed by atoms with Crippen LogP contribution in [0.3, 0.4) is 0 Å². The van der Waals surface area contributed by atoms with Crippen molar-refractivity contribution in [2.45, 2.75) is 39.2 Å². The van der Waals surface area contributed by atoms with Crippen LogP contribution in [0, 0.1) is 11.8 Å². The van der Waals surface area contributed by atoms with Gasteiger partial charge in [-0.1, -0.05) is 44.5 Å². The van der Waals surface area contributed by atoms with Crippen LogP contribution in [0.4, 0.5) is 0 Å². The first-order valence-corrected chi connectivity index (χ1v) is 6.52. The lowest BCUT2D eigenvalue weighted by atomic mass is 9.99. The Kier molecular flexibility index (Phi) is 3.65. The number of hydrogen-bond acceptors (Lipinski definition) is 1. The first-order chi connectivity index (χ1) is 7.76. The van der Waals surface area contributed by atoms with Gasteiger partial charge >= 0.3 is 0 Å². The Morgan fingerprint density at radius 3 is 2.38 bits per heavy atom. The molecule has 0 bridgehead atoms. The summed E-state index contributed by atoms with van der Waals surface area (Å²) in [6.45, 7) is 4.58. The molecule has 1 fully saturated rings. The Morgan fingerprint density at radius 2 is 1.94 bits per heavy atom. The molecule has 88 valence electrons. The maximum atomic E-state index is 3.46. The van der Waals surface area contributed by atoms with E-state index in [0.29, 0.717) is 6.04 Å². The molecule has 1 aromatic carbocycles. The third-order valence-corrected chi connectivity index (χ3v) is 3.79. The van der Waals surface area contributed by atoms with Crippen LogP contribution in [0.15, 0.2) is 24.3 Å². The van der Waals surface area contributed by atoms with Crippen molar-refractivity contribution in [2.24, 2.45) is 11.8 Å². The van der Waals surface area contributed by atoms with Gasteiger partial charge in [-0.3, -0.25) is 0 Å². The van der Waals surface area contributed by atoms with E-state index in [0.717, 1.165) is 11.8 Å². The number of hydrogen-bond donors (Lipinski definition) is 1. The van der Waals surface area contributed by atoms with Gasteiger partial charge in [0.15, 0.2) is 0 Å². The van der Waals surface area contributed by atoms with Gasteiger partial charge in [0.1, 0.15) is 0 Å². The van der Waals surface area contributed by atoms with E-state index in [1.165, 1.54) is 30.4 Å². The number of benzene rings is 1. The van der Waals surface area contributed by atoms with E-state index < -0.39 is 0 Å². The molecular weight excluding hydrogens is 194 g/mol. The zero-order valence-electron chi connectivity index (χ0n) is 10.7. The molecule has 1 aliphatic rings. The maximum absolute atomic E-state index is 3.46. The Morgan fingerprint density at radius 1 is 1.31 bits per heavy atom. The molecule has 0 radical (unpaired) electrons. The van der Waals surface area contributed by atoms with Crippen LogP contribution in [0.2, 0.25) is 0 Å². The lowest BCUT2D eigenvalue weighted by molar-refractivity contribution is 0.504. The molecule has 1 aromatic rings. The van der Waals surface area contributed by atoms with Gasteiger partial charge in [0.05, 0.1) is 0 Å². The summed E-state index contributed by atoms with van der Waals surface area (Å²) in [6, 6.07) is 9.74. The van der Waals surface area contributed by atoms with Crippen molar-refractivity contribution >= 4 is 0 Å². The molecule has 0 aromatic heterocycles. The minimum absolute atomic E-state index is 0.561. The molecule has 3 unspecified atom stereocenters. The zero-order chi connectivity index (χ0) is 11.5. The molecule has 2 rings (SSSR count). The molecule has 3 atom stereocenters. The van der Waals surface area contributed by atoms with Crippen molar-refractivity contribution in [1.82, 2.24) is 5.32 Å². The average Bonchev–Trinajstić information content (AvgIpc) is 3.00. The minimum atomic E-state index is 0.561. The summed E-state index contributed by atoms with van der Waals surface area (Å²) in [5, 5.41) is 3.46. The molecule has 1 saturated carbocycles. The quantitative estimate of drug-likeness (QED) is 0.795. The molecule has 1 N–H and O–H groups in total. The van der Waals surface area contributed by atoms with Crippen LogP contribution in [0.5, 0.6) is 0 Å². The Balaban J connectivity index is 2.07. The highest BCUT2D eigenvalue weighted by Crippen LogP contribution is 2.46. The van der Waals surface area contributed by atoms with Gasteiger partial charge in [-0.15, -0.1) is 0 Å². The van der Waals surface area contributed by atoms with Crippen molar-refractivity contribution in [3.8, 4) is 0 Å². The van der Waals surface area contributed by atoms with E-state index in [4.69, 9.17) is 0 Å². The molecular formula is C15H23N. The predicted molar refractivity (Wildman–Crippen MR) is 69.5 cm³/mol. The second kappa shape index (κ2) is 5.01. The zero-order valence-corrected chi connectivity index (χ0v) is 10.7. The van der Waals surface area contributed by atoms with Crippen LogP contribution < -0.4 is 5.32 Å².